The second kappa shape index (κ2) is 6.99. The Morgan fingerprint density at radius 2 is 1.58 bits per heavy atom. The van der Waals surface area contributed by atoms with Gasteiger partial charge in [-0.15, -0.1) is 0 Å². The van der Waals surface area contributed by atoms with Crippen molar-refractivity contribution in [1.82, 2.24) is 9.97 Å². The molecule has 0 saturated heterocycles. The van der Waals surface area contributed by atoms with Gasteiger partial charge in [-0.3, -0.25) is 0 Å². The number of hydrogen-bond donors (Lipinski definition) is 2. The first-order valence-corrected chi connectivity index (χ1v) is 7.13. The molecule has 4 nitrogen and oxygen atoms in total. The molecule has 2 aromatic carbocycles. The number of rotatable bonds is 5. The van der Waals surface area contributed by atoms with E-state index < -0.39 is 11.6 Å². The van der Waals surface area contributed by atoms with Gasteiger partial charge in [0.05, 0.1) is 0 Å². The van der Waals surface area contributed by atoms with Crippen molar-refractivity contribution in [2.75, 3.05) is 10.6 Å². The maximum absolute atomic E-state index is 13.6. The molecule has 3 rings (SSSR count). The highest BCUT2D eigenvalue weighted by molar-refractivity contribution is 5.58. The molecule has 1 aromatic heterocycles. The standard InChI is InChI=1S/C17H13F3N4/c18-13-4-2-1-3-11(13)9-21-16-8-17(23-10-22-16)24-12-5-6-14(19)15(20)7-12/h1-8,10H,9H2,(H2,21,22,23,24). The average Bonchev–Trinajstić information content (AvgIpc) is 2.58. The summed E-state index contributed by atoms with van der Waals surface area (Å²) in [4.78, 5) is 8.05. The van der Waals surface area contributed by atoms with Gasteiger partial charge in [-0.1, -0.05) is 18.2 Å². The van der Waals surface area contributed by atoms with Crippen LogP contribution in [0.4, 0.5) is 30.5 Å². The minimum Gasteiger partial charge on any atom is -0.366 e. The van der Waals surface area contributed by atoms with Crippen LogP contribution >= 0.6 is 0 Å². The Hall–Kier alpha value is -3.09. The molecule has 7 heteroatoms. The highest BCUT2D eigenvalue weighted by Gasteiger charge is 2.05. The van der Waals surface area contributed by atoms with Crippen LogP contribution in [0.1, 0.15) is 5.56 Å². The molecule has 0 spiro atoms. The van der Waals surface area contributed by atoms with Crippen LogP contribution in [0.3, 0.4) is 0 Å². The zero-order valence-corrected chi connectivity index (χ0v) is 12.4. The molecule has 0 aliphatic heterocycles. The smallest absolute Gasteiger partial charge is 0.160 e. The van der Waals surface area contributed by atoms with Gasteiger partial charge in [0.25, 0.3) is 0 Å². The minimum absolute atomic E-state index is 0.258. The first-order chi connectivity index (χ1) is 11.6. The van der Waals surface area contributed by atoms with E-state index in [4.69, 9.17) is 0 Å². The first-order valence-electron chi connectivity index (χ1n) is 7.13. The Kier molecular flexibility index (Phi) is 4.60. The summed E-state index contributed by atoms with van der Waals surface area (Å²) < 4.78 is 39.7. The molecule has 0 radical (unpaired) electrons. The van der Waals surface area contributed by atoms with E-state index in [1.165, 1.54) is 18.5 Å². The largest absolute Gasteiger partial charge is 0.366 e. The Labute approximate surface area is 136 Å². The van der Waals surface area contributed by atoms with Gasteiger partial charge in [0, 0.05) is 29.9 Å². The molecule has 0 unspecified atom stereocenters. The van der Waals surface area contributed by atoms with Crippen molar-refractivity contribution < 1.29 is 13.2 Å². The molecule has 122 valence electrons. The monoisotopic (exact) mass is 330 g/mol. The zero-order chi connectivity index (χ0) is 16.9. The van der Waals surface area contributed by atoms with Gasteiger partial charge < -0.3 is 10.6 Å². The van der Waals surface area contributed by atoms with Crippen LogP contribution in [0.2, 0.25) is 0 Å². The van der Waals surface area contributed by atoms with Crippen molar-refractivity contribution in [3.05, 3.63) is 77.9 Å². The third-order valence-electron chi connectivity index (χ3n) is 3.28. The summed E-state index contributed by atoms with van der Waals surface area (Å²) in [5.41, 5.74) is 0.860. The molecule has 0 bridgehead atoms. The van der Waals surface area contributed by atoms with Crippen LogP contribution in [0.5, 0.6) is 0 Å². The lowest BCUT2D eigenvalue weighted by Gasteiger charge is -2.09. The average molecular weight is 330 g/mol. The Morgan fingerprint density at radius 3 is 2.38 bits per heavy atom. The molecule has 0 amide bonds. The first kappa shape index (κ1) is 15.8. The Morgan fingerprint density at radius 1 is 0.792 bits per heavy atom. The maximum atomic E-state index is 13.6. The number of nitrogens with zero attached hydrogens (tertiary/aromatic N) is 2. The number of benzene rings is 2. The molecular formula is C17H13F3N4. The topological polar surface area (TPSA) is 49.8 Å². The summed E-state index contributed by atoms with van der Waals surface area (Å²) in [6.45, 7) is 0.258. The fourth-order valence-corrected chi connectivity index (χ4v) is 2.07. The molecule has 3 aromatic rings. The van der Waals surface area contributed by atoms with E-state index in [2.05, 4.69) is 20.6 Å². The van der Waals surface area contributed by atoms with E-state index in [0.717, 1.165) is 12.1 Å². The van der Waals surface area contributed by atoms with Crippen molar-refractivity contribution >= 4 is 17.3 Å². The Balaban J connectivity index is 1.69. The van der Waals surface area contributed by atoms with Gasteiger partial charge in [0.1, 0.15) is 23.8 Å². The molecular weight excluding hydrogens is 317 g/mol. The summed E-state index contributed by atoms with van der Waals surface area (Å²) in [7, 11) is 0. The van der Waals surface area contributed by atoms with Crippen LogP contribution in [-0.2, 0) is 6.54 Å². The van der Waals surface area contributed by atoms with E-state index in [0.29, 0.717) is 22.9 Å². The number of aromatic nitrogens is 2. The van der Waals surface area contributed by atoms with E-state index in [-0.39, 0.29) is 12.4 Å². The van der Waals surface area contributed by atoms with E-state index in [9.17, 15) is 13.2 Å². The van der Waals surface area contributed by atoms with Crippen molar-refractivity contribution in [3.8, 4) is 0 Å². The number of nitrogens with one attached hydrogen (secondary N) is 2. The lowest BCUT2D eigenvalue weighted by atomic mass is 10.2. The number of hydrogen-bond acceptors (Lipinski definition) is 4. The Bertz CT molecular complexity index is 855. The van der Waals surface area contributed by atoms with Crippen molar-refractivity contribution in [1.29, 1.82) is 0 Å². The van der Waals surface area contributed by atoms with E-state index in [1.807, 2.05) is 0 Å². The fourth-order valence-electron chi connectivity index (χ4n) is 2.07. The van der Waals surface area contributed by atoms with Gasteiger partial charge in [0.15, 0.2) is 11.6 Å². The fraction of sp³-hybridized carbons (Fsp3) is 0.0588. The summed E-state index contributed by atoms with van der Waals surface area (Å²) in [5.74, 6) is -1.31. The lowest BCUT2D eigenvalue weighted by molar-refractivity contribution is 0.509. The van der Waals surface area contributed by atoms with Gasteiger partial charge in [-0.2, -0.15) is 0 Å². The van der Waals surface area contributed by atoms with Crippen LogP contribution in [0, 0.1) is 17.5 Å². The highest BCUT2D eigenvalue weighted by atomic mass is 19.2. The molecule has 1 heterocycles. The summed E-state index contributed by atoms with van der Waals surface area (Å²) >= 11 is 0. The molecule has 2 N–H and O–H groups in total. The van der Waals surface area contributed by atoms with Crippen LogP contribution < -0.4 is 10.6 Å². The molecule has 0 fully saturated rings. The number of halogens is 3. The van der Waals surface area contributed by atoms with Crippen molar-refractivity contribution in [2.24, 2.45) is 0 Å². The SMILES string of the molecule is Fc1ccc(Nc2cc(NCc3ccccc3F)ncn2)cc1F. The number of anilines is 3. The third kappa shape index (κ3) is 3.81. The normalized spacial score (nSPS) is 10.5. The maximum Gasteiger partial charge on any atom is 0.160 e. The highest BCUT2D eigenvalue weighted by Crippen LogP contribution is 2.19. The summed E-state index contributed by atoms with van der Waals surface area (Å²) in [6.07, 6.45) is 1.31. The predicted molar refractivity (Wildman–Crippen MR) is 85.4 cm³/mol. The summed E-state index contributed by atoms with van der Waals surface area (Å²) in [5, 5.41) is 5.83. The van der Waals surface area contributed by atoms with E-state index in [1.54, 1.807) is 24.3 Å². The van der Waals surface area contributed by atoms with Gasteiger partial charge in [-0.05, 0) is 18.2 Å². The van der Waals surface area contributed by atoms with Gasteiger partial charge in [-0.25, -0.2) is 23.1 Å². The molecule has 0 atom stereocenters. The second-order valence-electron chi connectivity index (χ2n) is 4.99. The van der Waals surface area contributed by atoms with Crippen LogP contribution in [-0.4, -0.2) is 9.97 Å². The quantitative estimate of drug-likeness (QED) is 0.734. The van der Waals surface area contributed by atoms with Crippen molar-refractivity contribution in [2.45, 2.75) is 6.54 Å². The second-order valence-corrected chi connectivity index (χ2v) is 4.99. The van der Waals surface area contributed by atoms with Gasteiger partial charge >= 0.3 is 0 Å². The van der Waals surface area contributed by atoms with Crippen LogP contribution in [0.15, 0.2) is 54.9 Å². The minimum atomic E-state index is -0.952. The van der Waals surface area contributed by atoms with Gasteiger partial charge in [0.2, 0.25) is 0 Å². The molecule has 0 saturated carbocycles. The molecule has 0 aliphatic carbocycles. The predicted octanol–water partition coefficient (Wildman–Crippen LogP) is 4.25. The molecule has 0 aliphatic rings. The summed E-state index contributed by atoms with van der Waals surface area (Å²) in [6, 6.07) is 11.5. The van der Waals surface area contributed by atoms with Crippen molar-refractivity contribution in [3.63, 3.8) is 0 Å². The van der Waals surface area contributed by atoms with Crippen LogP contribution in [0.25, 0.3) is 0 Å². The zero-order valence-electron chi connectivity index (χ0n) is 12.4. The lowest BCUT2D eigenvalue weighted by Crippen LogP contribution is -2.04. The third-order valence-corrected chi connectivity index (χ3v) is 3.28. The molecule has 24 heavy (non-hydrogen) atoms. The van der Waals surface area contributed by atoms with E-state index >= 15 is 0 Å².